The lowest BCUT2D eigenvalue weighted by atomic mass is 9.63. The van der Waals surface area contributed by atoms with Crippen LogP contribution in [0.1, 0.15) is 44.1 Å². The van der Waals surface area contributed by atoms with E-state index < -0.39 is 11.4 Å². The topological polar surface area (TPSA) is 66.4 Å². The first-order valence-corrected chi connectivity index (χ1v) is 7.81. The molecule has 2 atom stereocenters. The highest BCUT2D eigenvalue weighted by molar-refractivity contribution is 5.89. The van der Waals surface area contributed by atoms with Gasteiger partial charge < -0.3 is 10.4 Å². The van der Waals surface area contributed by atoms with Gasteiger partial charge in [0.05, 0.1) is 11.3 Å². The van der Waals surface area contributed by atoms with Gasteiger partial charge in [0.1, 0.15) is 5.82 Å². The van der Waals surface area contributed by atoms with Crippen LogP contribution < -0.4 is 5.32 Å². The van der Waals surface area contributed by atoms with E-state index in [1.54, 1.807) is 12.1 Å². The van der Waals surface area contributed by atoms with Crippen molar-refractivity contribution in [3.63, 3.8) is 0 Å². The molecular formula is C17H20FNO3. The molecule has 4 nitrogen and oxygen atoms in total. The van der Waals surface area contributed by atoms with Crippen molar-refractivity contribution >= 4 is 11.9 Å². The fraction of sp³-hybridized carbons (Fsp3) is 0.529. The summed E-state index contributed by atoms with van der Waals surface area (Å²) in [7, 11) is 0. The number of amides is 1. The number of carbonyl (C=O) groups is 2. The van der Waals surface area contributed by atoms with Crippen LogP contribution in [0.25, 0.3) is 0 Å². The third kappa shape index (κ3) is 2.60. The molecule has 5 heteroatoms. The predicted octanol–water partition coefficient (Wildman–Crippen LogP) is 2.62. The zero-order valence-corrected chi connectivity index (χ0v) is 12.3. The monoisotopic (exact) mass is 305 g/mol. The van der Waals surface area contributed by atoms with Crippen LogP contribution in [0.5, 0.6) is 0 Å². The van der Waals surface area contributed by atoms with E-state index in [1.165, 1.54) is 12.1 Å². The number of nitrogens with one attached hydrogen (secondary N) is 1. The average Bonchev–Trinajstić information content (AvgIpc) is 2.86. The van der Waals surface area contributed by atoms with Crippen LogP contribution in [-0.4, -0.2) is 23.0 Å². The molecule has 22 heavy (non-hydrogen) atoms. The third-order valence-electron chi connectivity index (χ3n) is 5.14. The first-order chi connectivity index (χ1) is 10.5. The fourth-order valence-corrected chi connectivity index (χ4v) is 3.62. The van der Waals surface area contributed by atoms with Crippen LogP contribution in [-0.2, 0) is 15.0 Å². The number of benzene rings is 1. The molecule has 0 spiro atoms. The van der Waals surface area contributed by atoms with Gasteiger partial charge in [-0.3, -0.25) is 9.59 Å². The van der Waals surface area contributed by atoms with E-state index in [-0.39, 0.29) is 23.7 Å². The summed E-state index contributed by atoms with van der Waals surface area (Å²) in [6.45, 7) is 0. The van der Waals surface area contributed by atoms with E-state index in [1.807, 2.05) is 0 Å². The normalized spacial score (nSPS) is 26.2. The SMILES string of the molecule is O=C(O)[C@H]1CC[C@@H](NC(=O)C2(c3cccc(F)c3)CCC2)C1. The Balaban J connectivity index is 1.72. The van der Waals surface area contributed by atoms with E-state index in [0.29, 0.717) is 19.3 Å². The van der Waals surface area contributed by atoms with Gasteiger partial charge >= 0.3 is 5.97 Å². The lowest BCUT2D eigenvalue weighted by Crippen LogP contribution is -2.51. The van der Waals surface area contributed by atoms with Gasteiger partial charge in [-0.25, -0.2) is 4.39 Å². The number of halogens is 1. The zero-order valence-electron chi connectivity index (χ0n) is 12.3. The Morgan fingerprint density at radius 2 is 2.05 bits per heavy atom. The van der Waals surface area contributed by atoms with Crippen molar-refractivity contribution in [2.45, 2.75) is 50.0 Å². The zero-order chi connectivity index (χ0) is 15.7. The molecule has 2 fully saturated rings. The maximum absolute atomic E-state index is 13.5. The van der Waals surface area contributed by atoms with E-state index >= 15 is 0 Å². The maximum atomic E-state index is 13.5. The number of carboxylic acid groups (broad SMARTS) is 1. The Hall–Kier alpha value is -1.91. The molecule has 0 saturated heterocycles. The lowest BCUT2D eigenvalue weighted by molar-refractivity contribution is -0.141. The summed E-state index contributed by atoms with van der Waals surface area (Å²) in [5.41, 5.74) is 0.0904. The Bertz CT molecular complexity index is 597. The van der Waals surface area contributed by atoms with Crippen molar-refractivity contribution in [1.82, 2.24) is 5.32 Å². The van der Waals surface area contributed by atoms with E-state index in [2.05, 4.69) is 5.32 Å². The highest BCUT2D eigenvalue weighted by atomic mass is 19.1. The predicted molar refractivity (Wildman–Crippen MR) is 78.8 cm³/mol. The molecule has 0 aromatic heterocycles. The average molecular weight is 305 g/mol. The highest BCUT2D eigenvalue weighted by Crippen LogP contribution is 2.44. The first-order valence-electron chi connectivity index (χ1n) is 7.81. The molecule has 0 radical (unpaired) electrons. The minimum Gasteiger partial charge on any atom is -0.481 e. The van der Waals surface area contributed by atoms with Crippen LogP contribution in [0.3, 0.4) is 0 Å². The Morgan fingerprint density at radius 1 is 1.27 bits per heavy atom. The van der Waals surface area contributed by atoms with Crippen molar-refractivity contribution in [2.75, 3.05) is 0 Å². The summed E-state index contributed by atoms with van der Waals surface area (Å²) < 4.78 is 13.5. The Kier molecular flexibility index (Phi) is 3.89. The molecule has 1 aromatic carbocycles. The second-order valence-electron chi connectivity index (χ2n) is 6.46. The summed E-state index contributed by atoms with van der Waals surface area (Å²) in [4.78, 5) is 23.7. The lowest BCUT2D eigenvalue weighted by Gasteiger charge is -2.41. The van der Waals surface area contributed by atoms with Gasteiger partial charge in [-0.05, 0) is 49.8 Å². The number of hydrogen-bond donors (Lipinski definition) is 2. The standard InChI is InChI=1S/C17H20FNO3/c18-13-4-1-3-12(10-13)17(7-2-8-17)16(22)19-14-6-5-11(9-14)15(20)21/h1,3-4,10-11,14H,2,5-9H2,(H,19,22)(H,20,21)/t11-,14+/m0/s1. The van der Waals surface area contributed by atoms with Gasteiger partial charge in [0.25, 0.3) is 0 Å². The molecule has 0 heterocycles. The summed E-state index contributed by atoms with van der Waals surface area (Å²) in [6, 6.07) is 6.17. The fourth-order valence-electron chi connectivity index (χ4n) is 3.62. The summed E-state index contributed by atoms with van der Waals surface area (Å²) in [5.74, 6) is -1.57. The molecule has 0 unspecified atom stereocenters. The summed E-state index contributed by atoms with van der Waals surface area (Å²) in [5, 5.41) is 12.0. The number of carboxylic acids is 1. The van der Waals surface area contributed by atoms with Crippen LogP contribution in [0.4, 0.5) is 4.39 Å². The molecular weight excluding hydrogens is 285 g/mol. The first kappa shape index (κ1) is 15.0. The number of rotatable bonds is 4. The second kappa shape index (κ2) is 5.71. The molecule has 1 aromatic rings. The number of carbonyl (C=O) groups excluding carboxylic acids is 1. The molecule has 2 aliphatic carbocycles. The Labute approximate surface area is 128 Å². The molecule has 2 aliphatic rings. The van der Waals surface area contributed by atoms with Crippen LogP contribution >= 0.6 is 0 Å². The summed E-state index contributed by atoms with van der Waals surface area (Å²) in [6.07, 6.45) is 4.18. The van der Waals surface area contributed by atoms with Crippen molar-refractivity contribution in [2.24, 2.45) is 5.92 Å². The van der Waals surface area contributed by atoms with Crippen LogP contribution in [0.2, 0.25) is 0 Å². The van der Waals surface area contributed by atoms with E-state index in [4.69, 9.17) is 5.11 Å². The van der Waals surface area contributed by atoms with Gasteiger partial charge in [0, 0.05) is 6.04 Å². The van der Waals surface area contributed by atoms with Crippen LogP contribution in [0, 0.1) is 11.7 Å². The second-order valence-corrected chi connectivity index (χ2v) is 6.46. The molecule has 2 saturated carbocycles. The van der Waals surface area contributed by atoms with Crippen LogP contribution in [0.15, 0.2) is 24.3 Å². The van der Waals surface area contributed by atoms with Gasteiger partial charge in [0.15, 0.2) is 0 Å². The van der Waals surface area contributed by atoms with Crippen molar-refractivity contribution in [3.05, 3.63) is 35.6 Å². The number of hydrogen-bond acceptors (Lipinski definition) is 2. The molecule has 3 rings (SSSR count). The largest absolute Gasteiger partial charge is 0.481 e. The maximum Gasteiger partial charge on any atom is 0.306 e. The minimum absolute atomic E-state index is 0.0830. The van der Waals surface area contributed by atoms with Gasteiger partial charge in [0.2, 0.25) is 5.91 Å². The van der Waals surface area contributed by atoms with Gasteiger partial charge in [-0.15, -0.1) is 0 Å². The smallest absolute Gasteiger partial charge is 0.306 e. The molecule has 0 aliphatic heterocycles. The minimum atomic E-state index is -0.791. The molecule has 1 amide bonds. The van der Waals surface area contributed by atoms with E-state index in [0.717, 1.165) is 24.8 Å². The molecule has 118 valence electrons. The quantitative estimate of drug-likeness (QED) is 0.898. The van der Waals surface area contributed by atoms with Gasteiger partial charge in [-0.1, -0.05) is 18.6 Å². The van der Waals surface area contributed by atoms with E-state index in [9.17, 15) is 14.0 Å². The Morgan fingerprint density at radius 3 is 2.59 bits per heavy atom. The van der Waals surface area contributed by atoms with Crippen molar-refractivity contribution in [1.29, 1.82) is 0 Å². The third-order valence-corrected chi connectivity index (χ3v) is 5.14. The molecule has 2 N–H and O–H groups in total. The van der Waals surface area contributed by atoms with Crippen molar-refractivity contribution in [3.8, 4) is 0 Å². The molecule has 0 bridgehead atoms. The highest BCUT2D eigenvalue weighted by Gasteiger charge is 2.46. The summed E-state index contributed by atoms with van der Waals surface area (Å²) >= 11 is 0. The van der Waals surface area contributed by atoms with Crippen molar-refractivity contribution < 1.29 is 19.1 Å². The van der Waals surface area contributed by atoms with Gasteiger partial charge in [-0.2, -0.15) is 0 Å². The number of aliphatic carboxylic acids is 1.